The van der Waals surface area contributed by atoms with Gasteiger partial charge in [0.2, 0.25) is 0 Å². The number of hydrogen-bond donors (Lipinski definition) is 2. The summed E-state index contributed by atoms with van der Waals surface area (Å²) in [5.74, 6) is -1.49. The van der Waals surface area contributed by atoms with Gasteiger partial charge in [-0.25, -0.2) is 13.6 Å². The van der Waals surface area contributed by atoms with Crippen molar-refractivity contribution in [3.8, 4) is 0 Å². The zero-order chi connectivity index (χ0) is 15.2. The van der Waals surface area contributed by atoms with Gasteiger partial charge in [-0.2, -0.15) is 0 Å². The van der Waals surface area contributed by atoms with E-state index in [1.807, 2.05) is 18.2 Å². The highest BCUT2D eigenvalue weighted by Crippen LogP contribution is 2.13. The average molecular weight is 311 g/mol. The van der Waals surface area contributed by atoms with Crippen LogP contribution in [0.1, 0.15) is 5.56 Å². The Morgan fingerprint density at radius 2 is 1.81 bits per heavy atom. The van der Waals surface area contributed by atoms with Crippen molar-refractivity contribution in [3.05, 3.63) is 64.7 Å². The van der Waals surface area contributed by atoms with Gasteiger partial charge in [0.15, 0.2) is 0 Å². The fourth-order valence-corrected chi connectivity index (χ4v) is 2.03. The van der Waals surface area contributed by atoms with E-state index in [1.165, 1.54) is 0 Å². The van der Waals surface area contributed by atoms with E-state index < -0.39 is 17.7 Å². The minimum Gasteiger partial charge on any atom is -0.338 e. The molecule has 0 aliphatic heterocycles. The zero-order valence-electron chi connectivity index (χ0n) is 11.0. The van der Waals surface area contributed by atoms with Gasteiger partial charge in [0.25, 0.3) is 0 Å². The number of amides is 2. The van der Waals surface area contributed by atoms with E-state index in [1.54, 1.807) is 6.07 Å². The van der Waals surface area contributed by atoms with Crippen LogP contribution in [0.3, 0.4) is 0 Å². The average Bonchev–Trinajstić information content (AvgIpc) is 2.37. The molecule has 0 aliphatic rings. The molecule has 2 aromatic rings. The molecule has 6 heteroatoms. The molecule has 0 spiro atoms. The SMILES string of the molecule is O=C(NCCc1cccc(Cl)c1)Nc1cc(F)cc(F)c1. The Balaban J connectivity index is 1.82. The van der Waals surface area contributed by atoms with E-state index in [2.05, 4.69) is 10.6 Å². The summed E-state index contributed by atoms with van der Waals surface area (Å²) in [6.07, 6.45) is 0.603. The molecule has 0 saturated heterocycles. The Morgan fingerprint density at radius 1 is 1.10 bits per heavy atom. The number of hydrogen-bond acceptors (Lipinski definition) is 1. The molecule has 0 aromatic heterocycles. The fourth-order valence-electron chi connectivity index (χ4n) is 1.81. The van der Waals surface area contributed by atoms with Crippen molar-refractivity contribution in [2.24, 2.45) is 0 Å². The van der Waals surface area contributed by atoms with Crippen LogP contribution in [0.2, 0.25) is 5.02 Å². The Kier molecular flexibility index (Phi) is 5.11. The molecule has 110 valence electrons. The number of rotatable bonds is 4. The van der Waals surface area contributed by atoms with E-state index in [4.69, 9.17) is 11.6 Å². The van der Waals surface area contributed by atoms with Crippen molar-refractivity contribution in [2.75, 3.05) is 11.9 Å². The number of carbonyl (C=O) groups excluding carboxylic acids is 1. The second-order valence-electron chi connectivity index (χ2n) is 4.42. The molecule has 0 bridgehead atoms. The van der Waals surface area contributed by atoms with Gasteiger partial charge in [-0.1, -0.05) is 23.7 Å². The van der Waals surface area contributed by atoms with Crippen LogP contribution in [0.4, 0.5) is 19.3 Å². The molecule has 2 rings (SSSR count). The van der Waals surface area contributed by atoms with Crippen LogP contribution in [0.15, 0.2) is 42.5 Å². The third-order valence-corrected chi connectivity index (χ3v) is 2.94. The van der Waals surface area contributed by atoms with E-state index in [9.17, 15) is 13.6 Å². The Labute approximate surface area is 125 Å². The van der Waals surface area contributed by atoms with E-state index >= 15 is 0 Å². The molecular weight excluding hydrogens is 298 g/mol. The maximum absolute atomic E-state index is 13.0. The molecule has 0 saturated carbocycles. The normalized spacial score (nSPS) is 10.2. The molecule has 0 aliphatic carbocycles. The highest BCUT2D eigenvalue weighted by atomic mass is 35.5. The molecule has 0 fully saturated rings. The van der Waals surface area contributed by atoms with Gasteiger partial charge in [0.05, 0.1) is 0 Å². The molecular formula is C15H13ClF2N2O. The standard InChI is InChI=1S/C15H13ClF2N2O/c16-11-3-1-2-10(6-11)4-5-19-15(21)20-14-8-12(17)7-13(18)9-14/h1-3,6-9H,4-5H2,(H2,19,20,21). The number of urea groups is 1. The van der Waals surface area contributed by atoms with E-state index in [0.717, 1.165) is 23.8 Å². The number of halogens is 3. The highest BCUT2D eigenvalue weighted by Gasteiger charge is 2.05. The van der Waals surface area contributed by atoms with E-state index in [-0.39, 0.29) is 5.69 Å². The van der Waals surface area contributed by atoms with Crippen LogP contribution in [0.25, 0.3) is 0 Å². The maximum Gasteiger partial charge on any atom is 0.319 e. The lowest BCUT2D eigenvalue weighted by atomic mass is 10.1. The van der Waals surface area contributed by atoms with Gasteiger partial charge in [-0.15, -0.1) is 0 Å². The van der Waals surface area contributed by atoms with Gasteiger partial charge in [0.1, 0.15) is 11.6 Å². The summed E-state index contributed by atoms with van der Waals surface area (Å²) >= 11 is 5.85. The van der Waals surface area contributed by atoms with Crippen molar-refractivity contribution >= 4 is 23.3 Å². The molecule has 0 radical (unpaired) electrons. The monoisotopic (exact) mass is 310 g/mol. The largest absolute Gasteiger partial charge is 0.338 e. The first-order valence-electron chi connectivity index (χ1n) is 6.28. The topological polar surface area (TPSA) is 41.1 Å². The summed E-state index contributed by atoms with van der Waals surface area (Å²) in [5.41, 5.74) is 1.05. The number of anilines is 1. The molecule has 3 nitrogen and oxygen atoms in total. The van der Waals surface area contributed by atoms with Gasteiger partial charge < -0.3 is 10.6 Å². The lowest BCUT2D eigenvalue weighted by Gasteiger charge is -2.08. The molecule has 0 atom stereocenters. The summed E-state index contributed by atoms with van der Waals surface area (Å²) in [4.78, 5) is 11.6. The fraction of sp³-hybridized carbons (Fsp3) is 0.133. The third kappa shape index (κ3) is 5.04. The Morgan fingerprint density at radius 3 is 2.48 bits per heavy atom. The Hall–Kier alpha value is -2.14. The predicted molar refractivity (Wildman–Crippen MR) is 78.5 cm³/mol. The van der Waals surface area contributed by atoms with Crippen molar-refractivity contribution in [3.63, 3.8) is 0 Å². The second-order valence-corrected chi connectivity index (χ2v) is 4.86. The number of nitrogens with one attached hydrogen (secondary N) is 2. The quantitative estimate of drug-likeness (QED) is 0.881. The van der Waals surface area contributed by atoms with Crippen LogP contribution in [-0.4, -0.2) is 12.6 Å². The van der Waals surface area contributed by atoms with Gasteiger partial charge >= 0.3 is 6.03 Å². The van der Waals surface area contributed by atoms with Gasteiger partial charge in [-0.3, -0.25) is 0 Å². The summed E-state index contributed by atoms with van der Waals surface area (Å²) in [6.45, 7) is 0.379. The molecule has 2 amide bonds. The Bertz CT molecular complexity index is 629. The predicted octanol–water partition coefficient (Wildman–Crippen LogP) is 3.98. The summed E-state index contributed by atoms with van der Waals surface area (Å²) in [5, 5.41) is 5.60. The van der Waals surface area contributed by atoms with Crippen LogP contribution in [0, 0.1) is 11.6 Å². The third-order valence-electron chi connectivity index (χ3n) is 2.71. The van der Waals surface area contributed by atoms with Gasteiger partial charge in [0, 0.05) is 23.3 Å². The second kappa shape index (κ2) is 7.04. The summed E-state index contributed by atoms with van der Waals surface area (Å²) in [6, 6.07) is 9.59. The molecule has 2 N–H and O–H groups in total. The van der Waals surface area contributed by atoms with Crippen LogP contribution < -0.4 is 10.6 Å². The molecule has 2 aromatic carbocycles. The van der Waals surface area contributed by atoms with Crippen molar-refractivity contribution < 1.29 is 13.6 Å². The number of benzene rings is 2. The van der Waals surface area contributed by atoms with Crippen molar-refractivity contribution in [2.45, 2.75) is 6.42 Å². The van der Waals surface area contributed by atoms with Crippen molar-refractivity contribution in [1.82, 2.24) is 5.32 Å². The minimum atomic E-state index is -0.746. The smallest absolute Gasteiger partial charge is 0.319 e. The lowest BCUT2D eigenvalue weighted by Crippen LogP contribution is -2.30. The van der Waals surface area contributed by atoms with Gasteiger partial charge in [-0.05, 0) is 36.2 Å². The molecule has 0 unspecified atom stereocenters. The summed E-state index contributed by atoms with van der Waals surface area (Å²) in [7, 11) is 0. The summed E-state index contributed by atoms with van der Waals surface area (Å²) < 4.78 is 25.9. The van der Waals surface area contributed by atoms with Crippen LogP contribution in [-0.2, 0) is 6.42 Å². The lowest BCUT2D eigenvalue weighted by molar-refractivity contribution is 0.252. The maximum atomic E-state index is 13.0. The minimum absolute atomic E-state index is 0.0627. The first-order chi connectivity index (χ1) is 10.0. The molecule has 0 heterocycles. The molecule has 21 heavy (non-hydrogen) atoms. The van der Waals surface area contributed by atoms with Crippen LogP contribution >= 0.6 is 11.6 Å². The van der Waals surface area contributed by atoms with E-state index in [0.29, 0.717) is 18.0 Å². The van der Waals surface area contributed by atoms with Crippen LogP contribution in [0.5, 0.6) is 0 Å². The first-order valence-corrected chi connectivity index (χ1v) is 6.66. The zero-order valence-corrected chi connectivity index (χ0v) is 11.8. The number of carbonyl (C=O) groups is 1. The highest BCUT2D eigenvalue weighted by molar-refractivity contribution is 6.30. The van der Waals surface area contributed by atoms with Crippen molar-refractivity contribution in [1.29, 1.82) is 0 Å². The first kappa shape index (κ1) is 15.3.